The molecule has 0 saturated carbocycles. The van der Waals surface area contributed by atoms with Crippen LogP contribution in [0.5, 0.6) is 5.75 Å². The van der Waals surface area contributed by atoms with Crippen LogP contribution in [-0.2, 0) is 9.47 Å². The second kappa shape index (κ2) is 14.7. The number of aromatic nitrogens is 3. The van der Waals surface area contributed by atoms with Gasteiger partial charge in [0.15, 0.2) is 5.79 Å². The number of pyridine rings is 1. The number of hydrogen-bond donors (Lipinski definition) is 3. The van der Waals surface area contributed by atoms with Crippen LogP contribution in [0.15, 0.2) is 54.7 Å². The molecule has 0 saturated heterocycles. The van der Waals surface area contributed by atoms with Crippen molar-refractivity contribution in [3.8, 4) is 5.75 Å². The van der Waals surface area contributed by atoms with E-state index >= 15 is 0 Å². The summed E-state index contributed by atoms with van der Waals surface area (Å²) in [6.07, 6.45) is 5.60. The summed E-state index contributed by atoms with van der Waals surface area (Å²) >= 11 is 0. The molecular weight excluding hydrogens is 470 g/mol. The van der Waals surface area contributed by atoms with Crippen molar-refractivity contribution < 1.29 is 19.0 Å². The van der Waals surface area contributed by atoms with E-state index in [1.807, 2.05) is 52.0 Å². The van der Waals surface area contributed by atoms with E-state index in [4.69, 9.17) is 19.6 Å². The number of aryl methyl sites for hydroxylation is 1. The zero-order valence-electron chi connectivity index (χ0n) is 22.4. The molecule has 2 heterocycles. The summed E-state index contributed by atoms with van der Waals surface area (Å²) < 4.78 is 16.6. The van der Waals surface area contributed by atoms with Crippen LogP contribution in [0.25, 0.3) is 6.08 Å². The fraction of sp³-hybridized carbons (Fsp3) is 0.357. The zero-order valence-corrected chi connectivity index (χ0v) is 22.4. The third-order valence-corrected chi connectivity index (χ3v) is 5.08. The summed E-state index contributed by atoms with van der Waals surface area (Å²) in [7, 11) is 1.61. The standard InChI is InChI=1S/C26H31N5O4.C2H6/c1-18-24(25(32)31-22-11-5-6-14-28-22)30-23(29-18)13-12-21(27)19-9-7-10-20(17-19)34-15-8-16-35-26(2,3)33-4;1-2/h5-7,9-14,17,27H,8,15-16H2,1-4H3,(H,29,30)(H,28,31,32);1-2H3/b13-12-,27-21?;. The van der Waals surface area contributed by atoms with Crippen molar-refractivity contribution in [3.05, 3.63) is 77.5 Å². The Morgan fingerprint density at radius 2 is 1.95 bits per heavy atom. The van der Waals surface area contributed by atoms with Gasteiger partial charge in [-0.25, -0.2) is 9.97 Å². The molecule has 0 fully saturated rings. The minimum atomic E-state index is -0.614. The molecule has 0 atom stereocenters. The van der Waals surface area contributed by atoms with Gasteiger partial charge in [-0.15, -0.1) is 0 Å². The quantitative estimate of drug-likeness (QED) is 0.166. The number of carbonyl (C=O) groups is 1. The first-order chi connectivity index (χ1) is 17.8. The summed E-state index contributed by atoms with van der Waals surface area (Å²) in [5.74, 6) is 0.636. The normalized spacial score (nSPS) is 11.1. The maximum Gasteiger partial charge on any atom is 0.277 e. The number of aromatic amines is 1. The van der Waals surface area contributed by atoms with Crippen LogP contribution in [0.2, 0.25) is 0 Å². The summed E-state index contributed by atoms with van der Waals surface area (Å²) in [5.41, 5.74) is 1.88. The van der Waals surface area contributed by atoms with Crippen LogP contribution in [0.4, 0.5) is 5.82 Å². The topological polar surface area (TPSA) is 122 Å². The zero-order chi connectivity index (χ0) is 27.3. The Hall–Kier alpha value is -3.82. The predicted octanol–water partition coefficient (Wildman–Crippen LogP) is 5.64. The van der Waals surface area contributed by atoms with Gasteiger partial charge in [0.25, 0.3) is 5.91 Å². The van der Waals surface area contributed by atoms with Gasteiger partial charge in [-0.1, -0.05) is 32.0 Å². The third-order valence-electron chi connectivity index (χ3n) is 5.08. The molecule has 2 aromatic heterocycles. The Morgan fingerprint density at radius 3 is 2.65 bits per heavy atom. The van der Waals surface area contributed by atoms with Gasteiger partial charge in [0, 0.05) is 31.0 Å². The van der Waals surface area contributed by atoms with Gasteiger partial charge >= 0.3 is 0 Å². The minimum Gasteiger partial charge on any atom is -0.493 e. The fourth-order valence-corrected chi connectivity index (χ4v) is 3.03. The van der Waals surface area contributed by atoms with Crippen molar-refractivity contribution in [2.45, 2.75) is 46.8 Å². The number of rotatable bonds is 12. The molecule has 0 bridgehead atoms. The van der Waals surface area contributed by atoms with Crippen LogP contribution >= 0.6 is 0 Å². The smallest absolute Gasteiger partial charge is 0.277 e. The van der Waals surface area contributed by atoms with Gasteiger partial charge in [0.05, 0.1) is 18.9 Å². The first kappa shape index (κ1) is 29.4. The lowest BCUT2D eigenvalue weighted by atomic mass is 10.1. The maximum atomic E-state index is 12.5. The fourth-order valence-electron chi connectivity index (χ4n) is 3.03. The van der Waals surface area contributed by atoms with Gasteiger partial charge in [-0.2, -0.15) is 0 Å². The summed E-state index contributed by atoms with van der Waals surface area (Å²) in [6, 6.07) is 12.6. The summed E-state index contributed by atoms with van der Waals surface area (Å²) in [5, 5.41) is 11.1. The highest BCUT2D eigenvalue weighted by atomic mass is 16.7. The number of anilines is 1. The Morgan fingerprint density at radius 1 is 1.16 bits per heavy atom. The molecular formula is C28H37N5O4. The van der Waals surface area contributed by atoms with E-state index in [2.05, 4.69) is 20.3 Å². The predicted molar refractivity (Wildman–Crippen MR) is 146 cm³/mol. The van der Waals surface area contributed by atoms with Crippen LogP contribution in [-0.4, -0.2) is 52.7 Å². The van der Waals surface area contributed by atoms with Gasteiger partial charge in [-0.05, 0) is 57.2 Å². The molecule has 9 nitrogen and oxygen atoms in total. The van der Waals surface area contributed by atoms with Crippen LogP contribution in [0, 0.1) is 12.3 Å². The van der Waals surface area contributed by atoms with Gasteiger partial charge < -0.3 is 29.9 Å². The number of imidazole rings is 1. The van der Waals surface area contributed by atoms with Crippen molar-refractivity contribution in [2.24, 2.45) is 0 Å². The minimum absolute atomic E-state index is 0.273. The molecule has 1 amide bonds. The molecule has 0 aliphatic carbocycles. The van der Waals surface area contributed by atoms with Crippen molar-refractivity contribution in [2.75, 3.05) is 25.6 Å². The molecule has 3 rings (SSSR count). The molecule has 3 aromatic rings. The van der Waals surface area contributed by atoms with E-state index in [0.29, 0.717) is 48.3 Å². The van der Waals surface area contributed by atoms with Crippen molar-refractivity contribution in [1.82, 2.24) is 15.0 Å². The van der Waals surface area contributed by atoms with Crippen LogP contribution < -0.4 is 10.1 Å². The Bertz CT molecular complexity index is 1170. The monoisotopic (exact) mass is 507 g/mol. The van der Waals surface area contributed by atoms with E-state index in [1.54, 1.807) is 50.6 Å². The summed E-state index contributed by atoms with van der Waals surface area (Å²) in [4.78, 5) is 24.0. The SMILES string of the molecule is CC.COC(C)(C)OCCCOc1cccc(C(=N)/C=C\c2nc(C(=O)Nc3ccccn3)c(C)[nH]2)c1. The first-order valence-electron chi connectivity index (χ1n) is 12.3. The second-order valence-electron chi connectivity index (χ2n) is 8.19. The van der Waals surface area contributed by atoms with E-state index in [-0.39, 0.29) is 17.3 Å². The number of ether oxygens (including phenoxy) is 3. The molecule has 0 aliphatic rings. The number of nitrogens with one attached hydrogen (secondary N) is 3. The first-order valence-corrected chi connectivity index (χ1v) is 12.3. The lowest BCUT2D eigenvalue weighted by Gasteiger charge is -2.23. The highest BCUT2D eigenvalue weighted by Crippen LogP contribution is 2.16. The Balaban J connectivity index is 0.00000235. The Kier molecular flexibility index (Phi) is 11.7. The number of nitrogens with zero attached hydrogens (tertiary/aromatic N) is 2. The van der Waals surface area contributed by atoms with E-state index in [1.165, 1.54) is 0 Å². The number of H-pyrrole nitrogens is 1. The molecule has 9 heteroatoms. The van der Waals surface area contributed by atoms with Crippen molar-refractivity contribution in [1.29, 1.82) is 5.41 Å². The third kappa shape index (κ3) is 9.63. The Labute approximate surface area is 218 Å². The molecule has 0 unspecified atom stereocenters. The maximum absolute atomic E-state index is 12.5. The average molecular weight is 508 g/mol. The number of amides is 1. The van der Waals surface area contributed by atoms with Gasteiger partial charge in [0.2, 0.25) is 0 Å². The largest absolute Gasteiger partial charge is 0.493 e. The number of allylic oxidation sites excluding steroid dienone is 1. The number of methoxy groups -OCH3 is 1. The molecule has 198 valence electrons. The van der Waals surface area contributed by atoms with Crippen LogP contribution in [0.1, 0.15) is 61.7 Å². The number of benzene rings is 1. The number of hydrogen-bond acceptors (Lipinski definition) is 7. The number of carbonyl (C=O) groups excluding carboxylic acids is 1. The van der Waals surface area contributed by atoms with Gasteiger partial charge in [-0.3, -0.25) is 4.79 Å². The van der Waals surface area contributed by atoms with Crippen LogP contribution in [0.3, 0.4) is 0 Å². The average Bonchev–Trinajstić information content (AvgIpc) is 3.29. The second-order valence-corrected chi connectivity index (χ2v) is 8.19. The molecule has 3 N–H and O–H groups in total. The summed E-state index contributed by atoms with van der Waals surface area (Å²) in [6.45, 7) is 10.5. The highest BCUT2D eigenvalue weighted by Gasteiger charge is 2.16. The van der Waals surface area contributed by atoms with E-state index < -0.39 is 5.79 Å². The lowest BCUT2D eigenvalue weighted by Crippen LogP contribution is -2.27. The highest BCUT2D eigenvalue weighted by molar-refractivity contribution is 6.09. The molecule has 0 radical (unpaired) electrons. The molecule has 37 heavy (non-hydrogen) atoms. The van der Waals surface area contributed by atoms with Crippen molar-refractivity contribution in [3.63, 3.8) is 0 Å². The van der Waals surface area contributed by atoms with Crippen molar-refractivity contribution >= 4 is 23.5 Å². The molecule has 0 aliphatic heterocycles. The molecule has 1 aromatic carbocycles. The van der Waals surface area contributed by atoms with Gasteiger partial charge in [0.1, 0.15) is 23.1 Å². The van der Waals surface area contributed by atoms with E-state index in [0.717, 1.165) is 0 Å². The lowest BCUT2D eigenvalue weighted by molar-refractivity contribution is -0.197. The molecule has 0 spiro atoms. The van der Waals surface area contributed by atoms with E-state index in [9.17, 15) is 4.79 Å².